The molecule has 0 saturated carbocycles. The number of hydrogen-bond donors (Lipinski definition) is 1. The van der Waals surface area contributed by atoms with Gasteiger partial charge < -0.3 is 14.8 Å². The van der Waals surface area contributed by atoms with Crippen molar-refractivity contribution in [2.24, 2.45) is 0 Å². The van der Waals surface area contributed by atoms with Crippen molar-refractivity contribution in [3.8, 4) is 11.5 Å². The van der Waals surface area contributed by atoms with E-state index in [1.54, 1.807) is 14.2 Å². The molecule has 2 aromatic carbocycles. The first-order chi connectivity index (χ1) is 13.8. The van der Waals surface area contributed by atoms with Crippen LogP contribution in [-0.4, -0.2) is 29.9 Å². The summed E-state index contributed by atoms with van der Waals surface area (Å²) in [6.45, 7) is 8.45. The molecule has 3 rings (SSSR count). The minimum atomic E-state index is -0.134. The van der Waals surface area contributed by atoms with Crippen LogP contribution >= 0.6 is 0 Å². The van der Waals surface area contributed by atoms with Gasteiger partial charge in [0, 0.05) is 5.56 Å². The van der Waals surface area contributed by atoms with Gasteiger partial charge in [0.25, 0.3) is 5.91 Å². The molecule has 0 unspecified atom stereocenters. The van der Waals surface area contributed by atoms with Crippen LogP contribution in [0.4, 0.5) is 5.69 Å². The molecule has 1 aromatic heterocycles. The summed E-state index contributed by atoms with van der Waals surface area (Å²) in [4.78, 5) is 12.7. The molecule has 29 heavy (non-hydrogen) atoms. The zero-order valence-electron chi connectivity index (χ0n) is 17.8. The highest BCUT2D eigenvalue weighted by molar-refractivity contribution is 6.05. The number of nitrogens with one attached hydrogen (secondary N) is 1. The predicted molar refractivity (Wildman–Crippen MR) is 114 cm³/mol. The van der Waals surface area contributed by atoms with Crippen LogP contribution in [-0.2, 0) is 6.54 Å². The van der Waals surface area contributed by atoms with Crippen molar-refractivity contribution >= 4 is 11.6 Å². The van der Waals surface area contributed by atoms with Gasteiger partial charge in [0.05, 0.1) is 37.8 Å². The number of anilines is 1. The Kier molecular flexibility index (Phi) is 5.92. The molecule has 0 spiro atoms. The summed E-state index contributed by atoms with van der Waals surface area (Å²) >= 11 is 0. The number of aryl methyl sites for hydroxylation is 3. The van der Waals surface area contributed by atoms with Gasteiger partial charge in [-0.2, -0.15) is 5.10 Å². The summed E-state index contributed by atoms with van der Waals surface area (Å²) < 4.78 is 12.6. The van der Waals surface area contributed by atoms with E-state index in [-0.39, 0.29) is 5.91 Å². The van der Waals surface area contributed by atoms with Gasteiger partial charge in [0.15, 0.2) is 11.5 Å². The summed E-state index contributed by atoms with van der Waals surface area (Å²) in [6.07, 6.45) is 0. The summed E-state index contributed by atoms with van der Waals surface area (Å²) in [5.41, 5.74) is 6.34. The largest absolute Gasteiger partial charge is 0.493 e. The molecule has 3 aromatic rings. The fraction of sp³-hybridized carbons (Fsp3) is 0.304. The molecule has 0 bridgehead atoms. The van der Waals surface area contributed by atoms with Gasteiger partial charge >= 0.3 is 0 Å². The number of benzene rings is 2. The second-order valence-corrected chi connectivity index (χ2v) is 7.15. The molecule has 1 amide bonds. The zero-order chi connectivity index (χ0) is 21.1. The van der Waals surface area contributed by atoms with Crippen LogP contribution in [0.1, 0.15) is 38.4 Å². The van der Waals surface area contributed by atoms with Crippen LogP contribution in [0.2, 0.25) is 0 Å². The average Bonchev–Trinajstić information content (AvgIpc) is 2.97. The Morgan fingerprint density at radius 3 is 2.34 bits per heavy atom. The van der Waals surface area contributed by atoms with Gasteiger partial charge in [-0.05, 0) is 68.7 Å². The zero-order valence-corrected chi connectivity index (χ0v) is 17.8. The lowest BCUT2D eigenvalue weighted by Crippen LogP contribution is -2.13. The third-order valence-electron chi connectivity index (χ3n) is 5.17. The van der Waals surface area contributed by atoms with Gasteiger partial charge in [-0.25, -0.2) is 0 Å². The van der Waals surface area contributed by atoms with E-state index < -0.39 is 0 Å². The SMILES string of the molecule is COc1ccc(Cn2nc(C)c(NC(=O)c3ccc(C)c(C)c3)c2C)cc1OC. The number of nitrogens with zero attached hydrogens (tertiary/aromatic N) is 2. The van der Waals surface area contributed by atoms with Crippen molar-refractivity contribution in [2.75, 3.05) is 19.5 Å². The smallest absolute Gasteiger partial charge is 0.255 e. The monoisotopic (exact) mass is 393 g/mol. The Morgan fingerprint density at radius 1 is 0.966 bits per heavy atom. The number of amides is 1. The van der Waals surface area contributed by atoms with Crippen molar-refractivity contribution in [2.45, 2.75) is 34.2 Å². The maximum Gasteiger partial charge on any atom is 0.255 e. The van der Waals surface area contributed by atoms with E-state index in [0.29, 0.717) is 23.6 Å². The topological polar surface area (TPSA) is 65.4 Å². The second kappa shape index (κ2) is 8.39. The van der Waals surface area contributed by atoms with E-state index in [9.17, 15) is 4.79 Å². The van der Waals surface area contributed by atoms with E-state index in [1.165, 1.54) is 0 Å². The first-order valence-electron chi connectivity index (χ1n) is 9.47. The molecule has 6 nitrogen and oxygen atoms in total. The molecular weight excluding hydrogens is 366 g/mol. The molecule has 0 radical (unpaired) electrons. The van der Waals surface area contributed by atoms with E-state index in [1.807, 2.05) is 68.8 Å². The molecule has 0 aliphatic carbocycles. The standard InChI is InChI=1S/C23H27N3O3/c1-14-7-9-19(11-15(14)2)23(27)24-22-16(3)25-26(17(22)4)13-18-8-10-20(28-5)21(12-18)29-6/h7-12H,13H2,1-6H3,(H,24,27). The van der Waals surface area contributed by atoms with Crippen LogP contribution in [0.15, 0.2) is 36.4 Å². The normalized spacial score (nSPS) is 10.7. The highest BCUT2D eigenvalue weighted by Gasteiger charge is 2.16. The van der Waals surface area contributed by atoms with Gasteiger partial charge in [-0.1, -0.05) is 12.1 Å². The van der Waals surface area contributed by atoms with E-state index in [0.717, 1.165) is 33.8 Å². The first-order valence-corrected chi connectivity index (χ1v) is 9.47. The lowest BCUT2D eigenvalue weighted by molar-refractivity contribution is 0.102. The number of carbonyl (C=O) groups is 1. The Morgan fingerprint density at radius 2 is 1.69 bits per heavy atom. The average molecular weight is 393 g/mol. The fourth-order valence-electron chi connectivity index (χ4n) is 3.25. The molecule has 1 heterocycles. The van der Waals surface area contributed by atoms with Crippen LogP contribution in [0.25, 0.3) is 0 Å². The van der Waals surface area contributed by atoms with Crippen LogP contribution < -0.4 is 14.8 Å². The van der Waals surface area contributed by atoms with Crippen LogP contribution in [0, 0.1) is 27.7 Å². The fourth-order valence-corrected chi connectivity index (χ4v) is 3.25. The third-order valence-corrected chi connectivity index (χ3v) is 5.17. The predicted octanol–water partition coefficient (Wildman–Crippen LogP) is 4.43. The maximum atomic E-state index is 12.7. The third kappa shape index (κ3) is 4.26. The number of methoxy groups -OCH3 is 2. The second-order valence-electron chi connectivity index (χ2n) is 7.15. The highest BCUT2D eigenvalue weighted by atomic mass is 16.5. The summed E-state index contributed by atoms with van der Waals surface area (Å²) in [7, 11) is 3.23. The van der Waals surface area contributed by atoms with Gasteiger partial charge in [0.1, 0.15) is 0 Å². The van der Waals surface area contributed by atoms with E-state index >= 15 is 0 Å². The van der Waals surface area contributed by atoms with Crippen molar-refractivity contribution < 1.29 is 14.3 Å². The maximum absolute atomic E-state index is 12.7. The molecule has 0 aliphatic rings. The number of ether oxygens (including phenoxy) is 2. The molecule has 152 valence electrons. The minimum Gasteiger partial charge on any atom is -0.493 e. The molecule has 0 atom stereocenters. The van der Waals surface area contributed by atoms with Gasteiger partial charge in [-0.3, -0.25) is 9.48 Å². The van der Waals surface area contributed by atoms with Crippen molar-refractivity contribution in [3.05, 3.63) is 70.0 Å². The highest BCUT2D eigenvalue weighted by Crippen LogP contribution is 2.29. The first kappa shape index (κ1) is 20.5. The number of carbonyl (C=O) groups excluding carboxylic acids is 1. The van der Waals surface area contributed by atoms with Crippen LogP contribution in [0.3, 0.4) is 0 Å². The number of aromatic nitrogens is 2. The summed E-state index contributed by atoms with van der Waals surface area (Å²) in [5.74, 6) is 1.23. The minimum absolute atomic E-state index is 0.134. The molecular formula is C23H27N3O3. The Hall–Kier alpha value is -3.28. The van der Waals surface area contributed by atoms with Crippen molar-refractivity contribution in [1.29, 1.82) is 0 Å². The quantitative estimate of drug-likeness (QED) is 0.673. The molecule has 0 saturated heterocycles. The number of hydrogen-bond acceptors (Lipinski definition) is 4. The lowest BCUT2D eigenvalue weighted by Gasteiger charge is -2.11. The van der Waals surface area contributed by atoms with Crippen molar-refractivity contribution in [1.82, 2.24) is 9.78 Å². The Labute approximate surface area is 171 Å². The van der Waals surface area contributed by atoms with Crippen molar-refractivity contribution in [3.63, 3.8) is 0 Å². The van der Waals surface area contributed by atoms with Gasteiger partial charge in [-0.15, -0.1) is 0 Å². The molecule has 0 aliphatic heterocycles. The lowest BCUT2D eigenvalue weighted by atomic mass is 10.1. The van der Waals surface area contributed by atoms with Gasteiger partial charge in [0.2, 0.25) is 0 Å². The summed E-state index contributed by atoms with van der Waals surface area (Å²) in [6, 6.07) is 11.5. The summed E-state index contributed by atoms with van der Waals surface area (Å²) in [5, 5.41) is 7.63. The Balaban J connectivity index is 1.83. The molecule has 0 fully saturated rings. The van der Waals surface area contributed by atoms with Crippen LogP contribution in [0.5, 0.6) is 11.5 Å². The van der Waals surface area contributed by atoms with E-state index in [4.69, 9.17) is 9.47 Å². The molecule has 6 heteroatoms. The molecule has 1 N–H and O–H groups in total. The Bertz CT molecular complexity index is 1050. The van der Waals surface area contributed by atoms with E-state index in [2.05, 4.69) is 10.4 Å². The number of rotatable bonds is 6.